The molecule has 6 heteroatoms. The molecule has 102 valence electrons. The van der Waals surface area contributed by atoms with Crippen molar-refractivity contribution in [3.05, 3.63) is 23.8 Å². The largest absolute Gasteiger partial charge is 0.481 e. The van der Waals surface area contributed by atoms with Crippen molar-refractivity contribution < 1.29 is 19.4 Å². The smallest absolute Gasteiger partial charge is 0.305 e. The zero-order valence-corrected chi connectivity index (χ0v) is 10.8. The maximum atomic E-state index is 11.5. The summed E-state index contributed by atoms with van der Waals surface area (Å²) < 4.78 is 5.42. The molecule has 4 N–H and O–H groups in total. The third-order valence-corrected chi connectivity index (χ3v) is 3.09. The van der Waals surface area contributed by atoms with E-state index in [1.165, 1.54) is 0 Å². The van der Waals surface area contributed by atoms with Gasteiger partial charge in [-0.3, -0.25) is 9.59 Å². The normalized spacial score (nSPS) is 20.8. The van der Waals surface area contributed by atoms with Crippen LogP contribution in [0.15, 0.2) is 18.2 Å². The second kappa shape index (κ2) is 4.55. The van der Waals surface area contributed by atoms with Gasteiger partial charge in [0.05, 0.1) is 12.1 Å². The molecule has 2 unspecified atom stereocenters. The Morgan fingerprint density at radius 1 is 1.58 bits per heavy atom. The summed E-state index contributed by atoms with van der Waals surface area (Å²) in [6, 6.07) is 5.06. The molecule has 0 aliphatic carbocycles. The fraction of sp³-hybridized carbons (Fsp3) is 0.385. The SMILES string of the molecule is CC1Oc2ccc(C(C)(N)CC(=O)O)cc2NC1=O. The fourth-order valence-electron chi connectivity index (χ4n) is 1.98. The van der Waals surface area contributed by atoms with Crippen molar-refractivity contribution >= 4 is 17.6 Å². The Balaban J connectivity index is 2.34. The lowest BCUT2D eigenvalue weighted by atomic mass is 9.89. The summed E-state index contributed by atoms with van der Waals surface area (Å²) in [6.45, 7) is 3.29. The number of carboxylic acids is 1. The number of ether oxygens (including phenoxy) is 1. The Bertz CT molecular complexity index is 539. The third-order valence-electron chi connectivity index (χ3n) is 3.09. The van der Waals surface area contributed by atoms with Crippen LogP contribution in [-0.4, -0.2) is 23.1 Å². The molecule has 2 rings (SSSR count). The van der Waals surface area contributed by atoms with Crippen molar-refractivity contribution in [1.29, 1.82) is 0 Å². The number of carbonyl (C=O) groups excluding carboxylic acids is 1. The molecule has 0 bridgehead atoms. The number of anilines is 1. The third kappa shape index (κ3) is 2.68. The first-order chi connectivity index (χ1) is 8.79. The molecule has 1 heterocycles. The van der Waals surface area contributed by atoms with Crippen LogP contribution >= 0.6 is 0 Å². The molecule has 0 radical (unpaired) electrons. The number of fused-ring (bicyclic) bond motifs is 1. The molecule has 1 aliphatic heterocycles. The number of rotatable bonds is 3. The van der Waals surface area contributed by atoms with E-state index < -0.39 is 17.6 Å². The number of nitrogens with one attached hydrogen (secondary N) is 1. The summed E-state index contributed by atoms with van der Waals surface area (Å²) in [4.78, 5) is 22.3. The van der Waals surface area contributed by atoms with Gasteiger partial charge in [-0.2, -0.15) is 0 Å². The Morgan fingerprint density at radius 2 is 2.26 bits per heavy atom. The van der Waals surface area contributed by atoms with Crippen LogP contribution in [0, 0.1) is 0 Å². The molecule has 2 atom stereocenters. The summed E-state index contributed by atoms with van der Waals surface area (Å²) in [5.74, 6) is -0.653. The highest BCUT2D eigenvalue weighted by Crippen LogP contribution is 2.34. The van der Waals surface area contributed by atoms with Crippen molar-refractivity contribution in [3.8, 4) is 5.75 Å². The molecule has 1 amide bonds. The molecule has 1 aliphatic rings. The number of benzene rings is 1. The Kier molecular flexibility index (Phi) is 3.20. The quantitative estimate of drug-likeness (QED) is 0.757. The van der Waals surface area contributed by atoms with E-state index >= 15 is 0 Å². The summed E-state index contributed by atoms with van der Waals surface area (Å²) in [6.07, 6.45) is -0.738. The predicted molar refractivity (Wildman–Crippen MR) is 69.0 cm³/mol. The summed E-state index contributed by atoms with van der Waals surface area (Å²) in [7, 11) is 0. The van der Waals surface area contributed by atoms with Crippen LogP contribution in [0.3, 0.4) is 0 Å². The number of aliphatic carboxylic acids is 1. The lowest BCUT2D eigenvalue weighted by Crippen LogP contribution is -2.37. The molecule has 0 saturated heterocycles. The summed E-state index contributed by atoms with van der Waals surface area (Å²) in [5, 5.41) is 11.6. The highest BCUT2D eigenvalue weighted by molar-refractivity contribution is 5.97. The molecule has 0 spiro atoms. The maximum Gasteiger partial charge on any atom is 0.305 e. The van der Waals surface area contributed by atoms with E-state index in [1.54, 1.807) is 32.0 Å². The van der Waals surface area contributed by atoms with Crippen LogP contribution in [0.1, 0.15) is 25.8 Å². The molecule has 1 aromatic carbocycles. The van der Waals surface area contributed by atoms with Crippen molar-refractivity contribution in [3.63, 3.8) is 0 Å². The monoisotopic (exact) mass is 264 g/mol. The van der Waals surface area contributed by atoms with Gasteiger partial charge in [0.1, 0.15) is 5.75 Å². The van der Waals surface area contributed by atoms with E-state index in [1.807, 2.05) is 0 Å². The number of amides is 1. The van der Waals surface area contributed by atoms with Crippen LogP contribution in [0.5, 0.6) is 5.75 Å². The second-order valence-electron chi connectivity index (χ2n) is 4.95. The van der Waals surface area contributed by atoms with Crippen LogP contribution < -0.4 is 15.8 Å². The minimum atomic E-state index is -1.01. The van der Waals surface area contributed by atoms with Gasteiger partial charge in [-0.15, -0.1) is 0 Å². The number of carboxylic acid groups (broad SMARTS) is 1. The Hall–Kier alpha value is -2.08. The predicted octanol–water partition coefficient (Wildman–Crippen LogP) is 1.05. The number of hydrogen-bond acceptors (Lipinski definition) is 4. The van der Waals surface area contributed by atoms with Crippen LogP contribution in [-0.2, 0) is 15.1 Å². The maximum absolute atomic E-state index is 11.5. The van der Waals surface area contributed by atoms with Crippen LogP contribution in [0.25, 0.3) is 0 Å². The van der Waals surface area contributed by atoms with Gasteiger partial charge in [0.15, 0.2) is 6.10 Å². The van der Waals surface area contributed by atoms with Crippen molar-refractivity contribution in [2.45, 2.75) is 31.9 Å². The van der Waals surface area contributed by atoms with Crippen LogP contribution in [0.4, 0.5) is 5.69 Å². The molecule has 0 aromatic heterocycles. The average Bonchev–Trinajstić information content (AvgIpc) is 2.28. The minimum absolute atomic E-state index is 0.197. The van der Waals surface area contributed by atoms with E-state index in [9.17, 15) is 9.59 Å². The highest BCUT2D eigenvalue weighted by atomic mass is 16.5. The van der Waals surface area contributed by atoms with Gasteiger partial charge in [-0.1, -0.05) is 6.07 Å². The molecular weight excluding hydrogens is 248 g/mol. The molecule has 0 saturated carbocycles. The number of carbonyl (C=O) groups is 2. The fourth-order valence-corrected chi connectivity index (χ4v) is 1.98. The summed E-state index contributed by atoms with van der Waals surface area (Å²) >= 11 is 0. The van der Waals surface area contributed by atoms with E-state index in [0.717, 1.165) is 0 Å². The summed E-state index contributed by atoms with van der Waals surface area (Å²) in [5.41, 5.74) is 6.14. The molecular formula is C13H16N2O4. The van der Waals surface area contributed by atoms with Gasteiger partial charge in [-0.25, -0.2) is 0 Å². The first-order valence-electron chi connectivity index (χ1n) is 5.92. The van der Waals surface area contributed by atoms with Gasteiger partial charge in [0.25, 0.3) is 5.91 Å². The standard InChI is InChI=1S/C13H16N2O4/c1-7-12(18)15-9-5-8(3-4-10(9)19-7)13(2,14)6-11(16)17/h3-5,7H,6,14H2,1-2H3,(H,15,18)(H,16,17). The highest BCUT2D eigenvalue weighted by Gasteiger charge is 2.28. The Morgan fingerprint density at radius 3 is 2.89 bits per heavy atom. The van der Waals surface area contributed by atoms with Crippen molar-refractivity contribution in [2.75, 3.05) is 5.32 Å². The first kappa shape index (κ1) is 13.4. The zero-order chi connectivity index (χ0) is 14.2. The number of hydrogen-bond donors (Lipinski definition) is 3. The van der Waals surface area contributed by atoms with Gasteiger partial charge in [0.2, 0.25) is 0 Å². The van der Waals surface area contributed by atoms with Crippen LogP contribution in [0.2, 0.25) is 0 Å². The first-order valence-corrected chi connectivity index (χ1v) is 5.92. The molecule has 1 aromatic rings. The van der Waals surface area contributed by atoms with E-state index in [2.05, 4.69) is 5.32 Å². The average molecular weight is 264 g/mol. The van der Waals surface area contributed by atoms with E-state index in [0.29, 0.717) is 17.0 Å². The lowest BCUT2D eigenvalue weighted by molar-refractivity contribution is -0.138. The van der Waals surface area contributed by atoms with Crippen molar-refractivity contribution in [2.24, 2.45) is 5.73 Å². The van der Waals surface area contributed by atoms with E-state index in [4.69, 9.17) is 15.6 Å². The Labute approximate surface area is 110 Å². The van der Waals surface area contributed by atoms with Crippen molar-refractivity contribution in [1.82, 2.24) is 0 Å². The lowest BCUT2D eigenvalue weighted by Gasteiger charge is -2.27. The molecule has 19 heavy (non-hydrogen) atoms. The van der Waals surface area contributed by atoms with Gasteiger partial charge >= 0.3 is 5.97 Å². The number of nitrogens with two attached hydrogens (primary N) is 1. The topological polar surface area (TPSA) is 102 Å². The second-order valence-corrected chi connectivity index (χ2v) is 4.95. The zero-order valence-electron chi connectivity index (χ0n) is 10.8. The van der Waals surface area contributed by atoms with Gasteiger partial charge in [-0.05, 0) is 31.5 Å². The molecule has 6 nitrogen and oxygen atoms in total. The minimum Gasteiger partial charge on any atom is -0.481 e. The van der Waals surface area contributed by atoms with E-state index in [-0.39, 0.29) is 12.3 Å². The molecule has 0 fully saturated rings. The van der Waals surface area contributed by atoms with Gasteiger partial charge < -0.3 is 20.9 Å². The van der Waals surface area contributed by atoms with Gasteiger partial charge in [0, 0.05) is 5.54 Å².